The average molecular weight is 465 g/mol. The van der Waals surface area contributed by atoms with E-state index in [2.05, 4.69) is 60.4 Å². The quantitative estimate of drug-likeness (QED) is 0.350. The third-order valence-corrected chi connectivity index (χ3v) is 7.22. The number of hydrogen-bond acceptors (Lipinski definition) is 3. The Kier molecular flexibility index (Phi) is 6.54. The summed E-state index contributed by atoms with van der Waals surface area (Å²) >= 11 is 0. The fourth-order valence-corrected chi connectivity index (χ4v) is 5.19. The van der Waals surface area contributed by atoms with E-state index >= 15 is 0 Å². The zero-order valence-electron chi connectivity index (χ0n) is 20.7. The van der Waals surface area contributed by atoms with E-state index in [4.69, 9.17) is 4.74 Å². The van der Waals surface area contributed by atoms with Crippen molar-refractivity contribution in [3.63, 3.8) is 0 Å². The van der Waals surface area contributed by atoms with Crippen LogP contribution in [0.1, 0.15) is 34.8 Å². The van der Waals surface area contributed by atoms with Gasteiger partial charge in [0.2, 0.25) is 0 Å². The number of benzene rings is 3. The topological polar surface area (TPSA) is 42.4 Å². The summed E-state index contributed by atoms with van der Waals surface area (Å²) in [5.74, 6) is 2.04. The molecule has 35 heavy (non-hydrogen) atoms. The van der Waals surface area contributed by atoms with Crippen LogP contribution >= 0.6 is 0 Å². The maximum Gasteiger partial charge on any atom is 0.253 e. The Morgan fingerprint density at radius 2 is 1.83 bits per heavy atom. The van der Waals surface area contributed by atoms with Gasteiger partial charge in [-0.1, -0.05) is 43.3 Å². The van der Waals surface area contributed by atoms with Gasteiger partial charge in [-0.2, -0.15) is 0 Å². The van der Waals surface area contributed by atoms with E-state index in [1.165, 1.54) is 16.5 Å². The summed E-state index contributed by atoms with van der Waals surface area (Å²) in [5.41, 5.74) is 6.53. The van der Waals surface area contributed by atoms with Crippen LogP contribution in [0.25, 0.3) is 22.0 Å². The number of pyridine rings is 1. The van der Waals surface area contributed by atoms with E-state index in [-0.39, 0.29) is 5.91 Å². The Balaban J connectivity index is 1.40. The molecule has 5 rings (SSSR count). The number of ether oxygens (including phenoxy) is 1. The van der Waals surface area contributed by atoms with E-state index in [0.29, 0.717) is 17.4 Å². The van der Waals surface area contributed by atoms with Crippen molar-refractivity contribution in [3.8, 4) is 16.9 Å². The smallest absolute Gasteiger partial charge is 0.253 e. The Bertz CT molecular complexity index is 1360. The van der Waals surface area contributed by atoms with Crippen molar-refractivity contribution in [2.45, 2.75) is 26.2 Å². The summed E-state index contributed by atoms with van der Waals surface area (Å²) in [6, 6.07) is 24.9. The predicted molar refractivity (Wildman–Crippen MR) is 142 cm³/mol. The number of para-hydroxylation sites is 1. The molecule has 2 unspecified atom stereocenters. The highest BCUT2D eigenvalue weighted by atomic mass is 16.5. The molecule has 0 N–H and O–H groups in total. The SMILES string of the molecule is CC1Cc2cc(-c3cccc(C(=O)N(C)C)c3)ccc2OCCC1Cc1ccnc2ccccc12. The molecular formula is C31H32N2O2. The second-order valence-corrected chi connectivity index (χ2v) is 9.87. The van der Waals surface area contributed by atoms with Crippen LogP contribution in [0, 0.1) is 11.8 Å². The number of nitrogens with zero attached hydrogens (tertiary/aromatic N) is 2. The zero-order valence-corrected chi connectivity index (χ0v) is 20.7. The van der Waals surface area contributed by atoms with Crippen LogP contribution in [-0.2, 0) is 12.8 Å². The van der Waals surface area contributed by atoms with Crippen LogP contribution in [-0.4, -0.2) is 36.5 Å². The molecule has 178 valence electrons. The van der Waals surface area contributed by atoms with Gasteiger partial charge in [-0.05, 0) is 89.8 Å². The van der Waals surface area contributed by atoms with Crippen LogP contribution in [0.4, 0.5) is 0 Å². The van der Waals surface area contributed by atoms with Gasteiger partial charge in [0.15, 0.2) is 0 Å². The van der Waals surface area contributed by atoms with Crippen molar-refractivity contribution >= 4 is 16.8 Å². The minimum absolute atomic E-state index is 0.0153. The van der Waals surface area contributed by atoms with Gasteiger partial charge in [-0.15, -0.1) is 0 Å². The first-order chi connectivity index (χ1) is 17.0. The van der Waals surface area contributed by atoms with Gasteiger partial charge in [0, 0.05) is 31.2 Å². The molecule has 1 aliphatic rings. The van der Waals surface area contributed by atoms with Gasteiger partial charge in [0.25, 0.3) is 5.91 Å². The molecule has 0 bridgehead atoms. The third-order valence-electron chi connectivity index (χ3n) is 7.22. The third kappa shape index (κ3) is 4.93. The number of amides is 1. The van der Waals surface area contributed by atoms with Gasteiger partial charge in [0.1, 0.15) is 5.75 Å². The summed E-state index contributed by atoms with van der Waals surface area (Å²) < 4.78 is 6.24. The second-order valence-electron chi connectivity index (χ2n) is 9.87. The molecule has 3 aromatic carbocycles. The highest BCUT2D eigenvalue weighted by Crippen LogP contribution is 2.35. The van der Waals surface area contributed by atoms with Crippen molar-refractivity contribution < 1.29 is 9.53 Å². The van der Waals surface area contributed by atoms with Gasteiger partial charge in [0.05, 0.1) is 12.1 Å². The summed E-state index contributed by atoms with van der Waals surface area (Å²) in [7, 11) is 3.56. The maximum atomic E-state index is 12.5. The molecule has 4 aromatic rings. The Labute approximate surface area is 207 Å². The summed E-state index contributed by atoms with van der Waals surface area (Å²) in [4.78, 5) is 18.6. The lowest BCUT2D eigenvalue weighted by atomic mass is 9.80. The van der Waals surface area contributed by atoms with Gasteiger partial charge >= 0.3 is 0 Å². The lowest BCUT2D eigenvalue weighted by Gasteiger charge is -2.29. The summed E-state index contributed by atoms with van der Waals surface area (Å²) in [5, 5.41) is 1.25. The molecule has 2 heterocycles. The molecule has 0 radical (unpaired) electrons. The van der Waals surface area contributed by atoms with Gasteiger partial charge in [-0.3, -0.25) is 9.78 Å². The normalized spacial score (nSPS) is 17.7. The highest BCUT2D eigenvalue weighted by molar-refractivity contribution is 5.95. The van der Waals surface area contributed by atoms with Crippen LogP contribution in [0.2, 0.25) is 0 Å². The number of carbonyl (C=O) groups is 1. The minimum atomic E-state index is 0.0153. The fourth-order valence-electron chi connectivity index (χ4n) is 5.19. The monoisotopic (exact) mass is 464 g/mol. The zero-order chi connectivity index (χ0) is 24.4. The highest BCUT2D eigenvalue weighted by Gasteiger charge is 2.24. The van der Waals surface area contributed by atoms with Crippen molar-refractivity contribution in [2.75, 3.05) is 20.7 Å². The predicted octanol–water partition coefficient (Wildman–Crippen LogP) is 6.42. The largest absolute Gasteiger partial charge is 0.493 e. The van der Waals surface area contributed by atoms with Gasteiger partial charge < -0.3 is 9.64 Å². The Morgan fingerprint density at radius 3 is 2.69 bits per heavy atom. The van der Waals surface area contributed by atoms with Crippen molar-refractivity contribution in [2.24, 2.45) is 11.8 Å². The van der Waals surface area contributed by atoms with E-state index in [1.54, 1.807) is 19.0 Å². The molecule has 0 saturated heterocycles. The molecule has 1 aliphatic heterocycles. The first kappa shape index (κ1) is 23.1. The van der Waals surface area contributed by atoms with Crippen LogP contribution < -0.4 is 4.74 Å². The first-order valence-electron chi connectivity index (χ1n) is 12.4. The van der Waals surface area contributed by atoms with E-state index < -0.39 is 0 Å². The molecule has 1 aromatic heterocycles. The number of carbonyl (C=O) groups excluding carboxylic acids is 1. The van der Waals surface area contributed by atoms with Crippen molar-refractivity contribution in [1.82, 2.24) is 9.88 Å². The summed E-state index contributed by atoms with van der Waals surface area (Å²) in [6.45, 7) is 3.09. The van der Waals surface area contributed by atoms with Crippen LogP contribution in [0.3, 0.4) is 0 Å². The number of hydrogen-bond donors (Lipinski definition) is 0. The molecule has 4 nitrogen and oxygen atoms in total. The molecular weight excluding hydrogens is 432 g/mol. The first-order valence-corrected chi connectivity index (χ1v) is 12.4. The van der Waals surface area contributed by atoms with E-state index in [9.17, 15) is 4.79 Å². The molecule has 1 amide bonds. The fraction of sp³-hybridized carbons (Fsp3) is 0.290. The average Bonchev–Trinajstić information content (AvgIpc) is 2.87. The van der Waals surface area contributed by atoms with Crippen molar-refractivity contribution in [1.29, 1.82) is 0 Å². The van der Waals surface area contributed by atoms with Crippen LogP contribution in [0.5, 0.6) is 5.75 Å². The lowest BCUT2D eigenvalue weighted by Crippen LogP contribution is -2.22. The molecule has 0 aliphatic carbocycles. The molecule has 0 spiro atoms. The number of fused-ring (bicyclic) bond motifs is 2. The number of aromatic nitrogens is 1. The molecule has 0 fully saturated rings. The summed E-state index contributed by atoms with van der Waals surface area (Å²) in [6.07, 6.45) is 4.96. The maximum absolute atomic E-state index is 12.5. The Morgan fingerprint density at radius 1 is 1.00 bits per heavy atom. The Hall–Kier alpha value is -3.66. The minimum Gasteiger partial charge on any atom is -0.493 e. The van der Waals surface area contributed by atoms with Crippen LogP contribution in [0.15, 0.2) is 79.0 Å². The molecule has 4 heteroatoms. The number of rotatable bonds is 4. The van der Waals surface area contributed by atoms with E-state index in [1.807, 2.05) is 30.5 Å². The molecule has 2 atom stereocenters. The lowest BCUT2D eigenvalue weighted by molar-refractivity contribution is 0.0827. The molecule has 0 saturated carbocycles. The van der Waals surface area contributed by atoms with Crippen molar-refractivity contribution in [3.05, 3.63) is 95.7 Å². The van der Waals surface area contributed by atoms with E-state index in [0.717, 1.165) is 48.3 Å². The van der Waals surface area contributed by atoms with Gasteiger partial charge in [-0.25, -0.2) is 0 Å². The standard InChI is InChI=1S/C31H32N2O2/c1-21-17-27-20-24(23-7-6-8-26(19-23)31(34)33(2)3)11-12-30(27)35-16-14-22(21)18-25-13-15-32-29-10-5-4-9-28(25)29/h4-13,15,19-22H,14,16-18H2,1-3H3. The second kappa shape index (κ2) is 9.91.